The Hall–Kier alpha value is -1.11. The molecule has 1 aromatic carbocycles. The molecule has 2 aromatic rings. The van der Waals surface area contributed by atoms with E-state index >= 15 is 0 Å². The monoisotopic (exact) mass is 386 g/mol. The lowest BCUT2D eigenvalue weighted by molar-refractivity contribution is -0.385. The number of halogens is 2. The van der Waals surface area contributed by atoms with Gasteiger partial charge in [-0.15, -0.1) is 11.3 Å². The molecule has 0 amide bonds. The molecule has 0 bridgehead atoms. The molecule has 0 saturated heterocycles. The minimum Gasteiger partial charge on any atom is -0.377 e. The number of nitro benzene ring substituents is 1. The van der Waals surface area contributed by atoms with Gasteiger partial charge >= 0.3 is 0 Å². The molecule has 0 radical (unpaired) electrons. The zero-order valence-electron chi connectivity index (χ0n) is 11.2. The molecule has 4 nitrogen and oxygen atoms in total. The Labute approximate surface area is 139 Å². The highest BCUT2D eigenvalue weighted by Crippen LogP contribution is 2.42. The van der Waals surface area contributed by atoms with Gasteiger partial charge in [-0.2, -0.15) is 0 Å². The van der Waals surface area contributed by atoms with Gasteiger partial charge < -0.3 is 5.32 Å². The molecule has 3 rings (SSSR count). The Bertz CT molecular complexity index is 732. The van der Waals surface area contributed by atoms with Gasteiger partial charge in [-0.25, -0.2) is 0 Å². The van der Waals surface area contributed by atoms with Crippen molar-refractivity contribution in [3.05, 3.63) is 53.1 Å². The van der Waals surface area contributed by atoms with Gasteiger partial charge in [0.25, 0.3) is 5.69 Å². The fraction of sp³-hybridized carbons (Fsp3) is 0.286. The lowest BCUT2D eigenvalue weighted by Crippen LogP contribution is -2.08. The number of rotatable bonds is 3. The second-order valence-electron chi connectivity index (χ2n) is 5.04. The maximum atomic E-state index is 11.1. The molecule has 1 N–H and O–H groups in total. The standard InChI is InChI=1S/C14H12BrClN2O2S/c1-7-4-9(15)11(6-12(7)18(19)20)17-10-2-3-13-8(10)5-14(16)21-13/h4-6,10,17H,2-3H2,1H3. The Kier molecular flexibility index (Phi) is 3.94. The number of hydrogen-bond donors (Lipinski definition) is 1. The zero-order valence-corrected chi connectivity index (χ0v) is 14.3. The molecule has 1 aromatic heterocycles. The predicted molar refractivity (Wildman–Crippen MR) is 89.5 cm³/mol. The summed E-state index contributed by atoms with van der Waals surface area (Å²) in [4.78, 5) is 12.0. The molecule has 0 saturated carbocycles. The van der Waals surface area contributed by atoms with E-state index in [1.165, 1.54) is 10.4 Å². The van der Waals surface area contributed by atoms with Crippen LogP contribution in [-0.2, 0) is 6.42 Å². The first kappa shape index (κ1) is 14.8. The van der Waals surface area contributed by atoms with E-state index in [4.69, 9.17) is 11.6 Å². The maximum Gasteiger partial charge on any atom is 0.274 e. The van der Waals surface area contributed by atoms with E-state index in [9.17, 15) is 10.1 Å². The second-order valence-corrected chi connectivity index (χ2v) is 7.66. The number of hydrogen-bond acceptors (Lipinski definition) is 4. The van der Waals surface area contributed by atoms with Crippen molar-refractivity contribution in [2.75, 3.05) is 5.32 Å². The SMILES string of the molecule is Cc1cc(Br)c(NC2CCc3sc(Cl)cc32)cc1[N+](=O)[O-]. The Morgan fingerprint density at radius 1 is 1.48 bits per heavy atom. The third-order valence-corrected chi connectivity index (χ3v) is 5.65. The van der Waals surface area contributed by atoms with Crippen molar-refractivity contribution in [1.82, 2.24) is 0 Å². The first-order valence-electron chi connectivity index (χ1n) is 6.45. The van der Waals surface area contributed by atoms with E-state index in [0.29, 0.717) is 5.56 Å². The number of nitro groups is 1. The molecule has 110 valence electrons. The van der Waals surface area contributed by atoms with Gasteiger partial charge in [-0.05, 0) is 53.4 Å². The molecule has 1 unspecified atom stereocenters. The minimum absolute atomic E-state index is 0.127. The number of nitrogens with one attached hydrogen (secondary N) is 1. The lowest BCUT2D eigenvalue weighted by atomic mass is 10.1. The summed E-state index contributed by atoms with van der Waals surface area (Å²) in [6, 6.07) is 5.51. The fourth-order valence-corrected chi connectivity index (χ4v) is 4.57. The molecule has 0 spiro atoms. The Morgan fingerprint density at radius 3 is 2.95 bits per heavy atom. The average molecular weight is 388 g/mol. The first-order valence-corrected chi connectivity index (χ1v) is 8.43. The maximum absolute atomic E-state index is 11.1. The molecule has 7 heteroatoms. The molecular weight excluding hydrogens is 376 g/mol. The lowest BCUT2D eigenvalue weighted by Gasteiger charge is -2.16. The normalized spacial score (nSPS) is 16.8. The third kappa shape index (κ3) is 2.80. The molecule has 1 aliphatic rings. The van der Waals surface area contributed by atoms with Crippen LogP contribution in [0.4, 0.5) is 11.4 Å². The molecular formula is C14H12BrClN2O2S. The summed E-state index contributed by atoms with van der Waals surface area (Å²) in [6.45, 7) is 1.74. The van der Waals surface area contributed by atoms with E-state index in [0.717, 1.165) is 27.3 Å². The number of benzene rings is 1. The fourth-order valence-electron chi connectivity index (χ4n) is 2.64. The van der Waals surface area contributed by atoms with Gasteiger partial charge in [0.05, 0.1) is 21.0 Å². The highest BCUT2D eigenvalue weighted by molar-refractivity contribution is 9.10. The number of anilines is 1. The van der Waals surface area contributed by atoms with Crippen LogP contribution < -0.4 is 5.32 Å². The molecule has 1 aliphatic carbocycles. The summed E-state index contributed by atoms with van der Waals surface area (Å²) >= 11 is 11.1. The van der Waals surface area contributed by atoms with E-state index in [1.807, 2.05) is 6.07 Å². The van der Waals surface area contributed by atoms with Crippen molar-refractivity contribution in [2.24, 2.45) is 0 Å². The smallest absolute Gasteiger partial charge is 0.274 e. The van der Waals surface area contributed by atoms with Crippen LogP contribution in [0.15, 0.2) is 22.7 Å². The number of aryl methyl sites for hydroxylation is 2. The van der Waals surface area contributed by atoms with Crippen molar-refractivity contribution in [1.29, 1.82) is 0 Å². The zero-order chi connectivity index (χ0) is 15.1. The van der Waals surface area contributed by atoms with Crippen molar-refractivity contribution >= 4 is 50.2 Å². The van der Waals surface area contributed by atoms with Crippen LogP contribution in [0.3, 0.4) is 0 Å². The molecule has 21 heavy (non-hydrogen) atoms. The van der Waals surface area contributed by atoms with Crippen LogP contribution in [0.2, 0.25) is 4.34 Å². The van der Waals surface area contributed by atoms with Crippen LogP contribution in [0.25, 0.3) is 0 Å². The third-order valence-electron chi connectivity index (χ3n) is 3.66. The highest BCUT2D eigenvalue weighted by atomic mass is 79.9. The average Bonchev–Trinajstić information content (AvgIpc) is 2.92. The van der Waals surface area contributed by atoms with Gasteiger partial charge in [0, 0.05) is 21.0 Å². The summed E-state index contributed by atoms with van der Waals surface area (Å²) in [5, 5.41) is 14.5. The van der Waals surface area contributed by atoms with Gasteiger partial charge in [0.1, 0.15) is 0 Å². The molecule has 1 atom stereocenters. The van der Waals surface area contributed by atoms with Crippen LogP contribution in [0.1, 0.15) is 28.5 Å². The quantitative estimate of drug-likeness (QED) is 0.560. The predicted octanol–water partition coefficient (Wildman–Crippen LogP) is 5.48. The Balaban J connectivity index is 1.92. The van der Waals surface area contributed by atoms with Crippen molar-refractivity contribution < 1.29 is 4.92 Å². The van der Waals surface area contributed by atoms with Gasteiger partial charge in [0.15, 0.2) is 0 Å². The van der Waals surface area contributed by atoms with Crippen molar-refractivity contribution in [3.63, 3.8) is 0 Å². The second kappa shape index (κ2) is 5.59. The Morgan fingerprint density at radius 2 is 2.24 bits per heavy atom. The van der Waals surface area contributed by atoms with Crippen LogP contribution in [0.5, 0.6) is 0 Å². The minimum atomic E-state index is -0.353. The van der Waals surface area contributed by atoms with Crippen LogP contribution in [-0.4, -0.2) is 4.92 Å². The number of thiophene rings is 1. The number of fused-ring (bicyclic) bond motifs is 1. The van der Waals surface area contributed by atoms with E-state index < -0.39 is 0 Å². The topological polar surface area (TPSA) is 55.2 Å². The summed E-state index contributed by atoms with van der Waals surface area (Å²) in [6.07, 6.45) is 1.97. The van der Waals surface area contributed by atoms with E-state index in [-0.39, 0.29) is 16.7 Å². The van der Waals surface area contributed by atoms with E-state index in [1.54, 1.807) is 30.4 Å². The van der Waals surface area contributed by atoms with Crippen LogP contribution >= 0.6 is 38.9 Å². The largest absolute Gasteiger partial charge is 0.377 e. The van der Waals surface area contributed by atoms with Gasteiger partial charge in [-0.3, -0.25) is 10.1 Å². The summed E-state index contributed by atoms with van der Waals surface area (Å²) in [7, 11) is 0. The number of nitrogens with zero attached hydrogens (tertiary/aromatic N) is 1. The highest BCUT2D eigenvalue weighted by Gasteiger charge is 2.26. The van der Waals surface area contributed by atoms with Crippen LogP contribution in [0, 0.1) is 17.0 Å². The van der Waals surface area contributed by atoms with Gasteiger partial charge in [-0.1, -0.05) is 11.6 Å². The van der Waals surface area contributed by atoms with Gasteiger partial charge in [0.2, 0.25) is 0 Å². The van der Waals surface area contributed by atoms with E-state index in [2.05, 4.69) is 21.2 Å². The summed E-state index contributed by atoms with van der Waals surface area (Å²) in [5.41, 5.74) is 2.72. The molecule has 1 heterocycles. The van der Waals surface area contributed by atoms with Crippen molar-refractivity contribution in [2.45, 2.75) is 25.8 Å². The first-order chi connectivity index (χ1) is 9.95. The summed E-state index contributed by atoms with van der Waals surface area (Å²) in [5.74, 6) is 0. The van der Waals surface area contributed by atoms with Crippen molar-refractivity contribution in [3.8, 4) is 0 Å². The molecule has 0 aliphatic heterocycles. The molecule has 0 fully saturated rings. The summed E-state index contributed by atoms with van der Waals surface area (Å²) < 4.78 is 1.63.